The lowest BCUT2D eigenvalue weighted by atomic mass is 9.87. The van der Waals surface area contributed by atoms with E-state index in [1.165, 1.54) is 0 Å². The number of benzene rings is 3. The van der Waals surface area contributed by atoms with Crippen LogP contribution in [0.2, 0.25) is 0 Å². The summed E-state index contributed by atoms with van der Waals surface area (Å²) in [5, 5.41) is 10.9. The molecule has 0 unspecified atom stereocenters. The Hall–Kier alpha value is -3.68. The average molecular weight is 545 g/mol. The van der Waals surface area contributed by atoms with E-state index in [2.05, 4.69) is 0 Å². The second-order valence-corrected chi connectivity index (χ2v) is 11.3. The molecule has 0 spiro atoms. The van der Waals surface area contributed by atoms with Crippen LogP contribution in [0.3, 0.4) is 0 Å². The van der Waals surface area contributed by atoms with Crippen molar-refractivity contribution in [3.63, 3.8) is 0 Å². The van der Waals surface area contributed by atoms with Crippen molar-refractivity contribution in [1.82, 2.24) is 9.80 Å². The maximum Gasteiger partial charge on any atom is 0.410 e. The van der Waals surface area contributed by atoms with E-state index in [0.717, 1.165) is 22.4 Å². The lowest BCUT2D eigenvalue weighted by Gasteiger charge is -2.34. The van der Waals surface area contributed by atoms with E-state index in [0.29, 0.717) is 26.1 Å². The number of rotatable bonds is 10. The van der Waals surface area contributed by atoms with Gasteiger partial charge in [0.2, 0.25) is 0 Å². The third-order valence-corrected chi connectivity index (χ3v) is 7.14. The third kappa shape index (κ3) is 7.49. The largest absolute Gasteiger partial charge is 0.496 e. The molecule has 1 aliphatic rings. The van der Waals surface area contributed by atoms with E-state index in [1.807, 2.05) is 111 Å². The zero-order valence-electron chi connectivity index (χ0n) is 23.8. The summed E-state index contributed by atoms with van der Waals surface area (Å²) in [6, 6.07) is 26.8. The topological polar surface area (TPSA) is 79.3 Å². The summed E-state index contributed by atoms with van der Waals surface area (Å²) in [5.41, 5.74) is 2.12. The van der Waals surface area contributed by atoms with Crippen molar-refractivity contribution in [3.05, 3.63) is 102 Å². The number of amides is 1. The van der Waals surface area contributed by atoms with Gasteiger partial charge in [0, 0.05) is 25.2 Å². The highest BCUT2D eigenvalue weighted by molar-refractivity contribution is 5.90. The van der Waals surface area contributed by atoms with Gasteiger partial charge in [-0.05, 0) is 44.4 Å². The fourth-order valence-electron chi connectivity index (χ4n) is 5.30. The number of Topliss-reactive ketones (excluding diaryl/α,β-unsaturated/α-hetero) is 1. The van der Waals surface area contributed by atoms with Gasteiger partial charge in [-0.3, -0.25) is 9.69 Å². The van der Waals surface area contributed by atoms with Gasteiger partial charge in [-0.1, -0.05) is 78.9 Å². The second kappa shape index (κ2) is 13.1. The van der Waals surface area contributed by atoms with E-state index >= 15 is 0 Å². The van der Waals surface area contributed by atoms with Crippen LogP contribution < -0.4 is 4.74 Å². The van der Waals surface area contributed by atoms with Crippen LogP contribution in [0, 0.1) is 0 Å². The molecule has 3 aromatic carbocycles. The molecule has 212 valence electrons. The van der Waals surface area contributed by atoms with Crippen LogP contribution in [0.4, 0.5) is 4.79 Å². The number of aliphatic hydroxyl groups is 1. The molecule has 1 heterocycles. The Morgan fingerprint density at radius 3 is 2.10 bits per heavy atom. The number of carbonyl (C=O) groups excluding carboxylic acids is 2. The SMILES string of the molecule is COc1ccccc1CN(CC(=O)C(c1ccccc1)c1ccccc1)C[C@@H]1[C@@H](O)CCN1C(=O)OC(C)(C)C. The number of ketones is 1. The van der Waals surface area contributed by atoms with Crippen molar-refractivity contribution in [2.24, 2.45) is 0 Å². The first-order chi connectivity index (χ1) is 19.2. The number of hydrogen-bond donors (Lipinski definition) is 1. The monoisotopic (exact) mass is 544 g/mol. The Morgan fingerprint density at radius 2 is 1.52 bits per heavy atom. The molecule has 4 rings (SSSR count). The van der Waals surface area contributed by atoms with Crippen LogP contribution in [0.25, 0.3) is 0 Å². The van der Waals surface area contributed by atoms with Gasteiger partial charge in [0.25, 0.3) is 0 Å². The van der Waals surface area contributed by atoms with Gasteiger partial charge in [-0.2, -0.15) is 0 Å². The number of para-hydroxylation sites is 1. The minimum atomic E-state index is -0.721. The van der Waals surface area contributed by atoms with Crippen molar-refractivity contribution in [1.29, 1.82) is 0 Å². The Labute approximate surface area is 237 Å². The normalized spacial score (nSPS) is 17.3. The molecule has 0 aromatic heterocycles. The van der Waals surface area contributed by atoms with Crippen molar-refractivity contribution in [2.45, 2.75) is 57.4 Å². The molecule has 1 aliphatic heterocycles. The van der Waals surface area contributed by atoms with E-state index in [1.54, 1.807) is 12.0 Å². The van der Waals surface area contributed by atoms with Crippen molar-refractivity contribution >= 4 is 11.9 Å². The number of carbonyl (C=O) groups is 2. The molecule has 7 nitrogen and oxygen atoms in total. The summed E-state index contributed by atoms with van der Waals surface area (Å²) in [6.45, 7) is 6.72. The average Bonchev–Trinajstić information content (AvgIpc) is 3.29. The minimum absolute atomic E-state index is 0.0311. The number of likely N-dealkylation sites (tertiary alicyclic amines) is 1. The Balaban J connectivity index is 1.64. The van der Waals surface area contributed by atoms with Gasteiger partial charge in [0.15, 0.2) is 5.78 Å². The fourth-order valence-corrected chi connectivity index (χ4v) is 5.30. The molecule has 3 aromatic rings. The maximum atomic E-state index is 14.1. The molecule has 40 heavy (non-hydrogen) atoms. The van der Waals surface area contributed by atoms with Crippen LogP contribution in [-0.4, -0.2) is 71.3 Å². The van der Waals surface area contributed by atoms with E-state index in [9.17, 15) is 14.7 Å². The first-order valence-electron chi connectivity index (χ1n) is 13.8. The number of methoxy groups -OCH3 is 1. The van der Waals surface area contributed by atoms with Gasteiger partial charge < -0.3 is 19.5 Å². The van der Waals surface area contributed by atoms with Gasteiger partial charge in [0.05, 0.1) is 31.7 Å². The highest BCUT2D eigenvalue weighted by Gasteiger charge is 2.39. The summed E-state index contributed by atoms with van der Waals surface area (Å²) in [4.78, 5) is 30.8. The summed E-state index contributed by atoms with van der Waals surface area (Å²) in [7, 11) is 1.63. The van der Waals surface area contributed by atoms with Crippen LogP contribution >= 0.6 is 0 Å². The quantitative estimate of drug-likeness (QED) is 0.375. The van der Waals surface area contributed by atoms with E-state index in [-0.39, 0.29) is 12.3 Å². The Bertz CT molecular complexity index is 1220. The predicted molar refractivity (Wildman–Crippen MR) is 155 cm³/mol. The second-order valence-electron chi connectivity index (χ2n) is 11.3. The molecular weight excluding hydrogens is 504 g/mol. The molecule has 1 amide bonds. The molecular formula is C33H40N2O5. The third-order valence-electron chi connectivity index (χ3n) is 7.14. The Morgan fingerprint density at radius 1 is 0.950 bits per heavy atom. The number of hydrogen-bond acceptors (Lipinski definition) is 6. The molecule has 7 heteroatoms. The maximum absolute atomic E-state index is 14.1. The first kappa shape index (κ1) is 29.3. The number of ether oxygens (including phenoxy) is 2. The van der Waals surface area contributed by atoms with Crippen molar-refractivity contribution < 1.29 is 24.2 Å². The zero-order valence-corrected chi connectivity index (χ0v) is 23.8. The lowest BCUT2D eigenvalue weighted by Crippen LogP contribution is -2.49. The van der Waals surface area contributed by atoms with Gasteiger partial charge in [-0.25, -0.2) is 4.79 Å². The van der Waals surface area contributed by atoms with E-state index < -0.39 is 29.8 Å². The smallest absolute Gasteiger partial charge is 0.410 e. The lowest BCUT2D eigenvalue weighted by molar-refractivity contribution is -0.121. The molecule has 1 saturated heterocycles. The standard InChI is InChI=1S/C33H40N2O5/c1-33(2,3)40-32(38)35-20-19-28(36)27(35)22-34(21-26-17-11-12-18-30(26)39-4)23-29(37)31(24-13-7-5-8-14-24)25-15-9-6-10-16-25/h5-18,27-28,31,36H,19-23H2,1-4H3/t27-,28+/m1/s1. The van der Waals surface area contributed by atoms with Crippen LogP contribution in [-0.2, 0) is 16.1 Å². The van der Waals surface area contributed by atoms with Crippen LogP contribution in [0.15, 0.2) is 84.9 Å². The number of nitrogens with zero attached hydrogens (tertiary/aromatic N) is 2. The highest BCUT2D eigenvalue weighted by atomic mass is 16.6. The predicted octanol–water partition coefficient (Wildman–Crippen LogP) is 5.27. The van der Waals surface area contributed by atoms with Gasteiger partial charge in [-0.15, -0.1) is 0 Å². The number of aliphatic hydroxyl groups excluding tert-OH is 1. The van der Waals surface area contributed by atoms with Gasteiger partial charge in [0.1, 0.15) is 11.4 Å². The summed E-state index contributed by atoms with van der Waals surface area (Å²) >= 11 is 0. The van der Waals surface area contributed by atoms with Crippen molar-refractivity contribution in [2.75, 3.05) is 26.7 Å². The highest BCUT2D eigenvalue weighted by Crippen LogP contribution is 2.28. The minimum Gasteiger partial charge on any atom is -0.496 e. The molecule has 0 radical (unpaired) electrons. The Kier molecular flexibility index (Phi) is 9.61. The molecule has 0 aliphatic carbocycles. The molecule has 0 bridgehead atoms. The molecule has 0 saturated carbocycles. The summed E-state index contributed by atoms with van der Waals surface area (Å²) in [5.74, 6) is 0.306. The molecule has 2 atom stereocenters. The fraction of sp³-hybridized carbons (Fsp3) is 0.394. The van der Waals surface area contributed by atoms with Crippen LogP contribution in [0.1, 0.15) is 49.8 Å². The zero-order chi connectivity index (χ0) is 28.7. The van der Waals surface area contributed by atoms with Crippen molar-refractivity contribution in [3.8, 4) is 5.75 Å². The first-order valence-corrected chi connectivity index (χ1v) is 13.8. The van der Waals surface area contributed by atoms with Gasteiger partial charge >= 0.3 is 6.09 Å². The molecule has 1 N–H and O–H groups in total. The van der Waals surface area contributed by atoms with E-state index in [4.69, 9.17) is 9.47 Å². The molecule has 1 fully saturated rings. The summed E-state index contributed by atoms with van der Waals surface area (Å²) in [6.07, 6.45) is -0.720. The van der Waals surface area contributed by atoms with Crippen LogP contribution in [0.5, 0.6) is 5.75 Å². The summed E-state index contributed by atoms with van der Waals surface area (Å²) < 4.78 is 11.2.